The van der Waals surface area contributed by atoms with Crippen LogP contribution in [0, 0.1) is 0 Å². The number of sulfone groups is 1. The van der Waals surface area contributed by atoms with Gasteiger partial charge in [-0.25, -0.2) is 13.4 Å². The number of nitrogens with two attached hydrogens (primary N) is 1. The van der Waals surface area contributed by atoms with E-state index in [0.717, 1.165) is 6.26 Å². The van der Waals surface area contributed by atoms with Gasteiger partial charge in [-0.15, -0.1) is 0 Å². The number of amides is 1. The predicted molar refractivity (Wildman–Crippen MR) is 72.9 cm³/mol. The molecule has 1 heterocycles. The molecule has 1 aromatic heterocycles. The molecule has 1 aromatic rings. The molecule has 1 rings (SSSR count). The molecule has 100 valence electrons. The number of hydrogen-bond donors (Lipinski definition) is 2. The Balaban J connectivity index is 2.52. The van der Waals surface area contributed by atoms with Crippen molar-refractivity contribution in [3.8, 4) is 0 Å². The normalized spacial score (nSPS) is 13.1. The van der Waals surface area contributed by atoms with Crippen molar-refractivity contribution in [2.75, 3.05) is 17.3 Å². The summed E-state index contributed by atoms with van der Waals surface area (Å²) < 4.78 is 22.6. The molecular formula is C10H14BrN3O3S. The van der Waals surface area contributed by atoms with Gasteiger partial charge in [0, 0.05) is 6.26 Å². The number of halogens is 1. The zero-order chi connectivity index (χ0) is 13.8. The van der Waals surface area contributed by atoms with Crippen LogP contribution in [0.5, 0.6) is 0 Å². The Morgan fingerprint density at radius 1 is 1.56 bits per heavy atom. The number of carbonyl (C=O) groups is 1. The Kier molecular flexibility index (Phi) is 5.24. The summed E-state index contributed by atoms with van der Waals surface area (Å²) in [4.78, 5) is 15.6. The summed E-state index contributed by atoms with van der Waals surface area (Å²) in [5.74, 6) is -0.539. The molecule has 1 amide bonds. The average molecular weight is 336 g/mol. The average Bonchev–Trinajstić information content (AvgIpc) is 2.28. The lowest BCUT2D eigenvalue weighted by molar-refractivity contribution is -0.117. The summed E-state index contributed by atoms with van der Waals surface area (Å²) in [5.41, 5.74) is 6.11. The lowest BCUT2D eigenvalue weighted by Gasteiger charge is -2.11. The van der Waals surface area contributed by atoms with Crippen molar-refractivity contribution in [1.82, 2.24) is 4.98 Å². The van der Waals surface area contributed by atoms with Gasteiger partial charge in [-0.2, -0.15) is 0 Å². The third kappa shape index (κ3) is 5.56. The Hall–Kier alpha value is -0.990. The quantitative estimate of drug-likeness (QED) is 0.765. The highest BCUT2D eigenvalue weighted by molar-refractivity contribution is 9.10. The molecule has 3 N–H and O–H groups in total. The Labute approximate surface area is 114 Å². The van der Waals surface area contributed by atoms with E-state index in [1.807, 2.05) is 0 Å². The van der Waals surface area contributed by atoms with Crippen LogP contribution in [0.4, 0.5) is 5.69 Å². The standard InChI is InChI=1S/C10H14BrN3O3S/c1-18(16,17)5-4-8(12)10(15)14-7-2-3-9(11)13-6-7/h2-3,6,8H,4-5,12H2,1H3,(H,14,15). The molecule has 0 aromatic carbocycles. The van der Waals surface area contributed by atoms with Crippen LogP contribution in [0.25, 0.3) is 0 Å². The number of pyridine rings is 1. The third-order valence-electron chi connectivity index (χ3n) is 2.13. The van der Waals surface area contributed by atoms with Gasteiger partial charge in [-0.3, -0.25) is 4.79 Å². The van der Waals surface area contributed by atoms with Crippen molar-refractivity contribution < 1.29 is 13.2 Å². The zero-order valence-corrected chi connectivity index (χ0v) is 12.2. The van der Waals surface area contributed by atoms with Gasteiger partial charge in [0.2, 0.25) is 5.91 Å². The van der Waals surface area contributed by atoms with E-state index in [1.54, 1.807) is 12.1 Å². The second kappa shape index (κ2) is 6.26. The molecule has 0 aliphatic carbocycles. The number of aromatic nitrogens is 1. The minimum absolute atomic E-state index is 0.0919. The summed E-state index contributed by atoms with van der Waals surface area (Å²) in [6, 6.07) is 2.49. The summed E-state index contributed by atoms with van der Waals surface area (Å²) in [7, 11) is -3.11. The molecule has 0 spiro atoms. The Morgan fingerprint density at radius 3 is 2.72 bits per heavy atom. The van der Waals surface area contributed by atoms with E-state index < -0.39 is 21.8 Å². The topological polar surface area (TPSA) is 102 Å². The molecule has 8 heteroatoms. The molecule has 0 aliphatic rings. The molecule has 18 heavy (non-hydrogen) atoms. The molecule has 0 bridgehead atoms. The monoisotopic (exact) mass is 335 g/mol. The van der Waals surface area contributed by atoms with E-state index in [0.29, 0.717) is 10.3 Å². The minimum Gasteiger partial charge on any atom is -0.323 e. The van der Waals surface area contributed by atoms with Crippen LogP contribution in [-0.4, -0.2) is 37.4 Å². The van der Waals surface area contributed by atoms with Gasteiger partial charge in [0.25, 0.3) is 0 Å². The van der Waals surface area contributed by atoms with E-state index in [9.17, 15) is 13.2 Å². The van der Waals surface area contributed by atoms with Gasteiger partial charge in [-0.05, 0) is 34.5 Å². The van der Waals surface area contributed by atoms with Crippen molar-refractivity contribution >= 4 is 37.4 Å². The first-order valence-corrected chi connectivity index (χ1v) is 7.99. The van der Waals surface area contributed by atoms with Crippen LogP contribution in [0.3, 0.4) is 0 Å². The number of carbonyl (C=O) groups excluding carboxylic acids is 1. The molecule has 0 fully saturated rings. The van der Waals surface area contributed by atoms with E-state index in [4.69, 9.17) is 5.73 Å². The first-order chi connectivity index (χ1) is 8.28. The minimum atomic E-state index is -3.11. The highest BCUT2D eigenvalue weighted by Gasteiger charge is 2.16. The van der Waals surface area contributed by atoms with Gasteiger partial charge in [0.15, 0.2) is 0 Å². The molecule has 6 nitrogen and oxygen atoms in total. The molecule has 0 radical (unpaired) electrons. The van der Waals surface area contributed by atoms with Crippen LogP contribution in [-0.2, 0) is 14.6 Å². The third-order valence-corrected chi connectivity index (χ3v) is 3.58. The fourth-order valence-corrected chi connectivity index (χ4v) is 2.07. The van der Waals surface area contributed by atoms with Crippen molar-refractivity contribution in [3.63, 3.8) is 0 Å². The number of anilines is 1. The molecule has 0 saturated heterocycles. The Morgan fingerprint density at radius 2 is 2.22 bits per heavy atom. The smallest absolute Gasteiger partial charge is 0.241 e. The SMILES string of the molecule is CS(=O)(=O)CCC(N)C(=O)Nc1ccc(Br)nc1. The second-order valence-electron chi connectivity index (χ2n) is 3.88. The first kappa shape index (κ1) is 15.1. The van der Waals surface area contributed by atoms with Crippen molar-refractivity contribution in [1.29, 1.82) is 0 Å². The molecule has 0 saturated carbocycles. The van der Waals surface area contributed by atoms with Crippen LogP contribution in [0.15, 0.2) is 22.9 Å². The van der Waals surface area contributed by atoms with E-state index in [-0.39, 0.29) is 12.2 Å². The Bertz CT molecular complexity index is 516. The van der Waals surface area contributed by atoms with Crippen LogP contribution in [0.2, 0.25) is 0 Å². The predicted octanol–water partition coefficient (Wildman–Crippen LogP) is 0.545. The van der Waals surface area contributed by atoms with Gasteiger partial charge in [0.1, 0.15) is 14.4 Å². The van der Waals surface area contributed by atoms with E-state index in [2.05, 4.69) is 26.2 Å². The summed E-state index contributed by atoms with van der Waals surface area (Å²) in [6.45, 7) is 0. The second-order valence-corrected chi connectivity index (χ2v) is 6.96. The maximum absolute atomic E-state index is 11.6. The van der Waals surface area contributed by atoms with Crippen molar-refractivity contribution in [2.45, 2.75) is 12.5 Å². The fourth-order valence-electron chi connectivity index (χ4n) is 1.16. The summed E-state index contributed by atoms with van der Waals surface area (Å²) in [6.07, 6.45) is 2.68. The van der Waals surface area contributed by atoms with Gasteiger partial charge in [0.05, 0.1) is 23.7 Å². The maximum atomic E-state index is 11.6. The number of hydrogen-bond acceptors (Lipinski definition) is 5. The largest absolute Gasteiger partial charge is 0.323 e. The fraction of sp³-hybridized carbons (Fsp3) is 0.400. The van der Waals surface area contributed by atoms with Gasteiger partial charge >= 0.3 is 0 Å². The summed E-state index contributed by atoms with van der Waals surface area (Å²) >= 11 is 3.17. The van der Waals surface area contributed by atoms with Crippen LogP contribution in [0.1, 0.15) is 6.42 Å². The van der Waals surface area contributed by atoms with E-state index in [1.165, 1.54) is 6.20 Å². The number of nitrogens with zero attached hydrogens (tertiary/aromatic N) is 1. The highest BCUT2D eigenvalue weighted by atomic mass is 79.9. The van der Waals surface area contributed by atoms with Crippen LogP contribution < -0.4 is 11.1 Å². The molecule has 1 unspecified atom stereocenters. The maximum Gasteiger partial charge on any atom is 0.241 e. The highest BCUT2D eigenvalue weighted by Crippen LogP contribution is 2.10. The summed E-state index contributed by atoms with van der Waals surface area (Å²) in [5, 5.41) is 2.56. The van der Waals surface area contributed by atoms with Gasteiger partial charge < -0.3 is 11.1 Å². The molecule has 0 aliphatic heterocycles. The zero-order valence-electron chi connectivity index (χ0n) is 9.76. The first-order valence-electron chi connectivity index (χ1n) is 5.13. The number of rotatable bonds is 5. The molecular weight excluding hydrogens is 322 g/mol. The van der Waals surface area contributed by atoms with Crippen molar-refractivity contribution in [3.05, 3.63) is 22.9 Å². The van der Waals surface area contributed by atoms with Gasteiger partial charge in [-0.1, -0.05) is 0 Å². The van der Waals surface area contributed by atoms with E-state index >= 15 is 0 Å². The van der Waals surface area contributed by atoms with Crippen molar-refractivity contribution in [2.24, 2.45) is 5.73 Å². The molecule has 1 atom stereocenters. The van der Waals surface area contributed by atoms with Crippen LogP contribution >= 0.6 is 15.9 Å². The number of nitrogens with one attached hydrogen (secondary N) is 1. The lowest BCUT2D eigenvalue weighted by atomic mass is 10.2. The lowest BCUT2D eigenvalue weighted by Crippen LogP contribution is -2.37.